The van der Waals surface area contributed by atoms with E-state index in [4.69, 9.17) is 9.84 Å². The average molecular weight is 287 g/mol. The fraction of sp³-hybridized carbons (Fsp3) is 0.667. The molecule has 1 aromatic heterocycles. The molecule has 1 rings (SSSR count). The molecule has 0 aliphatic rings. The molecular weight excluding hydrogens is 266 g/mol. The lowest BCUT2D eigenvalue weighted by molar-refractivity contribution is -0.120. The number of hydrogen-bond donors (Lipinski definition) is 2. The maximum Gasteiger partial charge on any atom is 0.233 e. The Labute approximate surface area is 117 Å². The molecule has 0 fully saturated rings. The monoisotopic (exact) mass is 287 g/mol. The topological polar surface area (TPSA) is 76.4 Å². The van der Waals surface area contributed by atoms with Gasteiger partial charge in [0.1, 0.15) is 0 Å². The Bertz CT molecular complexity index is 409. The molecular formula is C12H21N3O3S. The Hall–Kier alpha value is -1.05. The maximum atomic E-state index is 11.8. The van der Waals surface area contributed by atoms with Crippen molar-refractivity contribution in [1.29, 1.82) is 0 Å². The lowest BCUT2D eigenvalue weighted by Gasteiger charge is -2.12. The molecule has 1 unspecified atom stereocenters. The van der Waals surface area contributed by atoms with Crippen LogP contribution in [0, 0.1) is 0 Å². The van der Waals surface area contributed by atoms with Gasteiger partial charge in [-0.2, -0.15) is 0 Å². The number of hydrogen-bond acceptors (Lipinski definition) is 5. The average Bonchev–Trinajstić information content (AvgIpc) is 2.75. The molecule has 1 atom stereocenters. The van der Waals surface area contributed by atoms with Crippen LogP contribution in [0.5, 0.6) is 0 Å². The van der Waals surface area contributed by atoms with Crippen LogP contribution in [-0.2, 0) is 23.2 Å². The minimum atomic E-state index is -0.227. The summed E-state index contributed by atoms with van der Waals surface area (Å²) in [7, 11) is 3.46. The van der Waals surface area contributed by atoms with Gasteiger partial charge in [0.2, 0.25) is 5.91 Å². The Balaban J connectivity index is 2.42. The third-order valence-corrected chi connectivity index (χ3v) is 3.84. The second kappa shape index (κ2) is 8.19. The van der Waals surface area contributed by atoms with E-state index < -0.39 is 0 Å². The second-order valence-corrected chi connectivity index (χ2v) is 5.45. The summed E-state index contributed by atoms with van der Waals surface area (Å²) in [6.07, 6.45) is 2.42. The number of methoxy groups -OCH3 is 1. The van der Waals surface area contributed by atoms with Crippen molar-refractivity contribution in [3.05, 3.63) is 11.9 Å². The van der Waals surface area contributed by atoms with Crippen molar-refractivity contribution < 1.29 is 14.6 Å². The molecule has 1 heterocycles. The summed E-state index contributed by atoms with van der Waals surface area (Å²) in [6, 6.07) is 0. The third-order valence-electron chi connectivity index (χ3n) is 2.68. The van der Waals surface area contributed by atoms with Gasteiger partial charge in [0.25, 0.3) is 0 Å². The minimum Gasteiger partial charge on any atom is -0.390 e. The number of aliphatic hydroxyl groups is 1. The first kappa shape index (κ1) is 16.0. The lowest BCUT2D eigenvalue weighted by Crippen LogP contribution is -2.32. The van der Waals surface area contributed by atoms with E-state index in [9.17, 15) is 4.79 Å². The van der Waals surface area contributed by atoms with Crippen molar-refractivity contribution in [2.45, 2.75) is 30.4 Å². The standard InChI is InChI=1S/C12H21N3O3S/c1-9(11(17)13-5-4-6-18-3)19-12-14-7-10(8-16)15(12)2/h7,9,16H,4-6,8H2,1-3H3,(H,13,17). The molecule has 108 valence electrons. The van der Waals surface area contributed by atoms with E-state index in [1.807, 2.05) is 14.0 Å². The molecule has 0 aromatic carbocycles. The number of rotatable bonds is 8. The normalized spacial score (nSPS) is 12.4. The van der Waals surface area contributed by atoms with Crippen molar-refractivity contribution in [2.24, 2.45) is 7.05 Å². The molecule has 0 spiro atoms. The van der Waals surface area contributed by atoms with Crippen molar-refractivity contribution in [2.75, 3.05) is 20.3 Å². The summed E-state index contributed by atoms with van der Waals surface area (Å²) in [6.45, 7) is 3.03. The molecule has 0 radical (unpaired) electrons. The summed E-state index contributed by atoms with van der Waals surface area (Å²) in [5.74, 6) is -0.0188. The van der Waals surface area contributed by atoms with Crippen LogP contribution in [-0.4, -0.2) is 46.1 Å². The van der Waals surface area contributed by atoms with Gasteiger partial charge in [-0.15, -0.1) is 0 Å². The van der Waals surface area contributed by atoms with E-state index in [0.29, 0.717) is 13.2 Å². The Morgan fingerprint density at radius 2 is 2.42 bits per heavy atom. The number of amides is 1. The Morgan fingerprint density at radius 3 is 3.00 bits per heavy atom. The van der Waals surface area contributed by atoms with Crippen LogP contribution in [0.3, 0.4) is 0 Å². The zero-order valence-corrected chi connectivity index (χ0v) is 12.4. The molecule has 19 heavy (non-hydrogen) atoms. The van der Waals surface area contributed by atoms with E-state index in [1.165, 1.54) is 11.8 Å². The quantitative estimate of drug-likeness (QED) is 0.539. The van der Waals surface area contributed by atoms with Gasteiger partial charge < -0.3 is 19.7 Å². The molecule has 2 N–H and O–H groups in total. The number of aromatic nitrogens is 2. The summed E-state index contributed by atoms with van der Waals surface area (Å²) in [4.78, 5) is 16.0. The predicted molar refractivity (Wildman–Crippen MR) is 74.0 cm³/mol. The number of nitrogens with one attached hydrogen (secondary N) is 1. The molecule has 0 saturated heterocycles. The Morgan fingerprint density at radius 1 is 1.68 bits per heavy atom. The van der Waals surface area contributed by atoms with Gasteiger partial charge in [-0.3, -0.25) is 4.79 Å². The van der Waals surface area contributed by atoms with E-state index in [0.717, 1.165) is 17.3 Å². The van der Waals surface area contributed by atoms with Gasteiger partial charge in [-0.1, -0.05) is 11.8 Å². The van der Waals surface area contributed by atoms with Crippen LogP contribution in [0.25, 0.3) is 0 Å². The van der Waals surface area contributed by atoms with Crippen LogP contribution in [0.15, 0.2) is 11.4 Å². The first-order chi connectivity index (χ1) is 9.10. The molecule has 0 saturated carbocycles. The molecule has 1 amide bonds. The van der Waals surface area contributed by atoms with E-state index in [2.05, 4.69) is 10.3 Å². The summed E-state index contributed by atoms with van der Waals surface area (Å²) in [5.41, 5.74) is 0.732. The fourth-order valence-corrected chi connectivity index (χ4v) is 2.36. The second-order valence-electron chi connectivity index (χ2n) is 4.15. The lowest BCUT2D eigenvalue weighted by atomic mass is 10.4. The molecule has 0 bridgehead atoms. The highest BCUT2D eigenvalue weighted by molar-refractivity contribution is 8.00. The SMILES string of the molecule is COCCCNC(=O)C(C)Sc1ncc(CO)n1C. The van der Waals surface area contributed by atoms with Crippen molar-refractivity contribution in [3.63, 3.8) is 0 Å². The summed E-state index contributed by atoms with van der Waals surface area (Å²) in [5, 5.41) is 12.4. The number of aliphatic hydroxyl groups excluding tert-OH is 1. The number of ether oxygens (including phenoxy) is 1. The van der Waals surface area contributed by atoms with Gasteiger partial charge in [0, 0.05) is 27.3 Å². The van der Waals surface area contributed by atoms with E-state index in [-0.39, 0.29) is 17.8 Å². The molecule has 0 aliphatic heterocycles. The van der Waals surface area contributed by atoms with Crippen LogP contribution >= 0.6 is 11.8 Å². The fourth-order valence-electron chi connectivity index (χ4n) is 1.47. The van der Waals surface area contributed by atoms with Gasteiger partial charge in [0.05, 0.1) is 23.7 Å². The van der Waals surface area contributed by atoms with E-state index in [1.54, 1.807) is 17.9 Å². The van der Waals surface area contributed by atoms with Crippen molar-refractivity contribution >= 4 is 17.7 Å². The molecule has 6 nitrogen and oxygen atoms in total. The number of nitrogens with zero attached hydrogens (tertiary/aromatic N) is 2. The molecule has 1 aromatic rings. The minimum absolute atomic E-state index is 0.0188. The van der Waals surface area contributed by atoms with Gasteiger partial charge in [-0.25, -0.2) is 4.98 Å². The van der Waals surface area contributed by atoms with Crippen LogP contribution < -0.4 is 5.32 Å². The maximum absolute atomic E-state index is 11.8. The van der Waals surface area contributed by atoms with Gasteiger partial charge in [-0.05, 0) is 13.3 Å². The first-order valence-electron chi connectivity index (χ1n) is 6.15. The van der Waals surface area contributed by atoms with Crippen LogP contribution in [0.4, 0.5) is 0 Å². The highest BCUT2D eigenvalue weighted by Crippen LogP contribution is 2.22. The third kappa shape index (κ3) is 4.85. The predicted octanol–water partition coefficient (Wildman–Crippen LogP) is 0.546. The number of imidazole rings is 1. The highest BCUT2D eigenvalue weighted by Gasteiger charge is 2.17. The smallest absolute Gasteiger partial charge is 0.233 e. The highest BCUT2D eigenvalue weighted by atomic mass is 32.2. The Kier molecular flexibility index (Phi) is 6.90. The number of carbonyl (C=O) groups excluding carboxylic acids is 1. The summed E-state index contributed by atoms with van der Waals surface area (Å²) >= 11 is 1.38. The zero-order valence-electron chi connectivity index (χ0n) is 11.5. The summed E-state index contributed by atoms with van der Waals surface area (Å²) < 4.78 is 6.71. The van der Waals surface area contributed by atoms with E-state index >= 15 is 0 Å². The zero-order chi connectivity index (χ0) is 14.3. The van der Waals surface area contributed by atoms with Crippen LogP contribution in [0.1, 0.15) is 19.0 Å². The number of thioether (sulfide) groups is 1. The van der Waals surface area contributed by atoms with Crippen molar-refractivity contribution in [1.82, 2.24) is 14.9 Å². The largest absolute Gasteiger partial charge is 0.390 e. The van der Waals surface area contributed by atoms with Crippen molar-refractivity contribution in [3.8, 4) is 0 Å². The first-order valence-corrected chi connectivity index (χ1v) is 7.02. The van der Waals surface area contributed by atoms with Gasteiger partial charge >= 0.3 is 0 Å². The number of carbonyl (C=O) groups is 1. The molecule has 0 aliphatic carbocycles. The van der Waals surface area contributed by atoms with Gasteiger partial charge in [0.15, 0.2) is 5.16 Å². The van der Waals surface area contributed by atoms with Crippen LogP contribution in [0.2, 0.25) is 0 Å². The molecule has 7 heteroatoms.